The van der Waals surface area contributed by atoms with Crippen molar-refractivity contribution in [3.63, 3.8) is 0 Å². The Morgan fingerprint density at radius 1 is 0.808 bits per heavy atom. The van der Waals surface area contributed by atoms with Crippen molar-refractivity contribution in [2.75, 3.05) is 19.3 Å². The molecule has 0 spiro atoms. The number of hydrogen-bond donors (Lipinski definition) is 0. The van der Waals surface area contributed by atoms with Crippen molar-refractivity contribution in [2.45, 2.75) is 96.8 Å². The Morgan fingerprint density at radius 2 is 1.19 bits per heavy atom. The van der Waals surface area contributed by atoms with Crippen LogP contribution in [0.2, 0.25) is 0 Å². The molecule has 0 aromatic carbocycles. The largest absolute Gasteiger partial charge is 1.00 e. The molecule has 0 heterocycles. The van der Waals surface area contributed by atoms with Crippen LogP contribution in [-0.2, 0) is 14.9 Å². The number of amides is 1. The Balaban J connectivity index is 0. The second kappa shape index (κ2) is 18.7. The quantitative estimate of drug-likeness (QED) is 0.211. The summed E-state index contributed by atoms with van der Waals surface area (Å²) in [6, 6.07) is 0. The van der Waals surface area contributed by atoms with E-state index < -0.39 is 15.9 Å². The summed E-state index contributed by atoms with van der Waals surface area (Å²) in [6.45, 7) is 2.24. The first kappa shape index (κ1) is 28.6. The monoisotopic (exact) mass is 399 g/mol. The number of hydrogen-bond acceptors (Lipinski definition) is 4. The molecule has 0 rings (SSSR count). The van der Waals surface area contributed by atoms with Gasteiger partial charge in [0, 0.05) is 20.0 Å². The van der Waals surface area contributed by atoms with Gasteiger partial charge in [-0.15, -0.1) is 0 Å². The Bertz CT molecular complexity index is 429. The average molecular weight is 400 g/mol. The molecule has 0 unspecified atom stereocenters. The molecule has 0 aliphatic rings. The predicted molar refractivity (Wildman–Crippen MR) is 103 cm³/mol. The van der Waals surface area contributed by atoms with Crippen LogP contribution >= 0.6 is 0 Å². The number of carbonyl (C=O) groups is 1. The molecule has 0 bridgehead atoms. The number of rotatable bonds is 17. The molecule has 0 aliphatic carbocycles. The smallest absolute Gasteiger partial charge is 0.748 e. The molecule has 0 atom stereocenters. The van der Waals surface area contributed by atoms with Gasteiger partial charge in [0.1, 0.15) is 0 Å². The molecule has 150 valence electrons. The second-order valence-corrected chi connectivity index (χ2v) is 8.59. The number of unbranched alkanes of at least 4 members (excludes halogenated alkanes) is 12. The van der Waals surface area contributed by atoms with Gasteiger partial charge in [-0.25, -0.2) is 8.42 Å². The van der Waals surface area contributed by atoms with Gasteiger partial charge in [0.05, 0.1) is 15.9 Å². The molecule has 0 fully saturated rings. The second-order valence-electron chi connectivity index (χ2n) is 7.07. The SMILES string of the molecule is CCCCCCCCCCCCCCCC(=O)N(C)CCS(=O)(=O)[O-].[Na+]. The molecule has 0 aromatic rings. The third-order valence-corrected chi connectivity index (χ3v) is 5.28. The molecule has 7 heteroatoms. The Kier molecular flexibility index (Phi) is 20.6. The van der Waals surface area contributed by atoms with Crippen molar-refractivity contribution in [1.29, 1.82) is 0 Å². The van der Waals surface area contributed by atoms with Crippen LogP contribution < -0.4 is 29.6 Å². The number of carbonyl (C=O) groups excluding carboxylic acids is 1. The van der Waals surface area contributed by atoms with Crippen LogP contribution in [-0.4, -0.2) is 43.1 Å². The van der Waals surface area contributed by atoms with Gasteiger partial charge in [-0.3, -0.25) is 4.79 Å². The molecule has 0 radical (unpaired) electrons. The van der Waals surface area contributed by atoms with Gasteiger partial charge in [0.25, 0.3) is 0 Å². The molecule has 5 nitrogen and oxygen atoms in total. The zero-order chi connectivity index (χ0) is 19.0. The summed E-state index contributed by atoms with van der Waals surface area (Å²) in [6.07, 6.45) is 16.8. The van der Waals surface area contributed by atoms with Crippen LogP contribution in [0, 0.1) is 0 Å². The van der Waals surface area contributed by atoms with Crippen LogP contribution in [0.15, 0.2) is 0 Å². The van der Waals surface area contributed by atoms with Crippen molar-refractivity contribution >= 4 is 16.0 Å². The van der Waals surface area contributed by atoms with E-state index in [9.17, 15) is 17.8 Å². The fourth-order valence-corrected chi connectivity index (χ4v) is 3.36. The van der Waals surface area contributed by atoms with Crippen molar-refractivity contribution in [1.82, 2.24) is 4.90 Å². The van der Waals surface area contributed by atoms with Crippen LogP contribution in [0.4, 0.5) is 0 Å². The van der Waals surface area contributed by atoms with E-state index in [1.54, 1.807) is 7.05 Å². The van der Waals surface area contributed by atoms with E-state index in [0.29, 0.717) is 6.42 Å². The van der Waals surface area contributed by atoms with Crippen LogP contribution in [0.3, 0.4) is 0 Å². The van der Waals surface area contributed by atoms with Gasteiger partial charge in [-0.1, -0.05) is 84.0 Å². The summed E-state index contributed by atoms with van der Waals surface area (Å²) in [5.74, 6) is -0.583. The van der Waals surface area contributed by atoms with Crippen LogP contribution in [0.5, 0.6) is 0 Å². The molecular weight excluding hydrogens is 361 g/mol. The normalized spacial score (nSPS) is 11.2. The maximum absolute atomic E-state index is 11.8. The summed E-state index contributed by atoms with van der Waals surface area (Å²) < 4.78 is 31.7. The first-order chi connectivity index (χ1) is 11.9. The molecule has 0 saturated heterocycles. The molecule has 26 heavy (non-hydrogen) atoms. The molecule has 0 saturated carbocycles. The fraction of sp³-hybridized carbons (Fsp3) is 0.947. The molecule has 0 N–H and O–H groups in total. The summed E-state index contributed by atoms with van der Waals surface area (Å²) in [7, 11) is -2.69. The number of nitrogens with zero attached hydrogens (tertiary/aromatic N) is 1. The third kappa shape index (κ3) is 20.7. The van der Waals surface area contributed by atoms with E-state index in [2.05, 4.69) is 6.92 Å². The summed E-state index contributed by atoms with van der Waals surface area (Å²) >= 11 is 0. The average Bonchev–Trinajstić information content (AvgIpc) is 2.56. The standard InChI is InChI=1S/C19H39NO4S.Na/c1-3-4-5-6-7-8-9-10-11-12-13-14-15-16-19(21)20(2)17-18-25(22,23)24;/h3-18H2,1-2H3,(H,22,23,24);/q;+1/p-1. The first-order valence-corrected chi connectivity index (χ1v) is 11.6. The summed E-state index contributed by atoms with van der Waals surface area (Å²) in [4.78, 5) is 13.1. The van der Waals surface area contributed by atoms with E-state index in [-0.39, 0.29) is 42.0 Å². The summed E-state index contributed by atoms with van der Waals surface area (Å²) in [5.41, 5.74) is 0. The van der Waals surface area contributed by atoms with Crippen molar-refractivity contribution in [3.8, 4) is 0 Å². The van der Waals surface area contributed by atoms with Gasteiger partial charge in [-0.05, 0) is 6.42 Å². The van der Waals surface area contributed by atoms with Gasteiger partial charge < -0.3 is 9.45 Å². The van der Waals surface area contributed by atoms with Crippen molar-refractivity contribution in [2.24, 2.45) is 0 Å². The fourth-order valence-electron chi connectivity index (χ4n) is 2.86. The maximum Gasteiger partial charge on any atom is 1.00 e. The predicted octanol–water partition coefficient (Wildman–Crippen LogP) is 1.48. The minimum Gasteiger partial charge on any atom is -0.748 e. The van der Waals surface area contributed by atoms with Crippen LogP contribution in [0.1, 0.15) is 96.8 Å². The molecular formula is C19H38NNaO4S. The van der Waals surface area contributed by atoms with Gasteiger partial charge >= 0.3 is 29.6 Å². The van der Waals surface area contributed by atoms with E-state index in [0.717, 1.165) is 19.3 Å². The zero-order valence-corrected chi connectivity index (χ0v) is 20.1. The van der Waals surface area contributed by atoms with Crippen LogP contribution in [0.25, 0.3) is 0 Å². The van der Waals surface area contributed by atoms with Crippen molar-refractivity contribution in [3.05, 3.63) is 0 Å². The summed E-state index contributed by atoms with van der Waals surface area (Å²) in [5, 5.41) is 0. The third-order valence-electron chi connectivity index (χ3n) is 4.60. The topological polar surface area (TPSA) is 77.5 Å². The Hall–Kier alpha value is 0.380. The minimum atomic E-state index is -4.25. The maximum atomic E-state index is 11.8. The van der Waals surface area contributed by atoms with Crippen molar-refractivity contribution < 1.29 is 47.3 Å². The zero-order valence-electron chi connectivity index (χ0n) is 17.3. The van der Waals surface area contributed by atoms with Gasteiger partial charge in [0.15, 0.2) is 0 Å². The van der Waals surface area contributed by atoms with Gasteiger partial charge in [-0.2, -0.15) is 0 Å². The molecule has 1 amide bonds. The molecule has 0 aromatic heterocycles. The van der Waals surface area contributed by atoms with E-state index in [4.69, 9.17) is 0 Å². The van der Waals surface area contributed by atoms with E-state index >= 15 is 0 Å². The first-order valence-electron chi connectivity index (χ1n) is 10.0. The van der Waals surface area contributed by atoms with E-state index in [1.807, 2.05) is 0 Å². The Labute approximate surface area is 183 Å². The van der Waals surface area contributed by atoms with Gasteiger partial charge in [0.2, 0.25) is 5.91 Å². The van der Waals surface area contributed by atoms with E-state index in [1.165, 1.54) is 69.1 Å². The Morgan fingerprint density at radius 3 is 1.58 bits per heavy atom. The minimum absolute atomic E-state index is 0. The molecule has 0 aliphatic heterocycles.